The average molecular weight is 260 g/mol. The number of aliphatic hydroxyl groups excluding tert-OH is 1. The maximum Gasteiger partial charge on any atom is 0.0795 e. The summed E-state index contributed by atoms with van der Waals surface area (Å²) in [5.41, 5.74) is 2.45. The summed E-state index contributed by atoms with van der Waals surface area (Å²) in [5, 5.41) is 9.47. The van der Waals surface area contributed by atoms with Crippen LogP contribution in [-0.4, -0.2) is 5.11 Å². The van der Waals surface area contributed by atoms with E-state index in [0.29, 0.717) is 0 Å². The van der Waals surface area contributed by atoms with Gasteiger partial charge >= 0.3 is 0 Å². The van der Waals surface area contributed by atoms with Gasteiger partial charge in [0, 0.05) is 3.57 Å². The van der Waals surface area contributed by atoms with E-state index in [1.165, 1.54) is 9.13 Å². The van der Waals surface area contributed by atoms with Gasteiger partial charge in [-0.2, -0.15) is 0 Å². The van der Waals surface area contributed by atoms with Crippen LogP contribution >= 0.6 is 22.6 Å². The van der Waals surface area contributed by atoms with Gasteiger partial charge in [-0.25, -0.2) is 0 Å². The molecular weight excluding hydrogens is 251 g/mol. The van der Waals surface area contributed by atoms with Gasteiger partial charge in [0.25, 0.3) is 0 Å². The molecular formula is C9H9IO. The Labute approximate surface area is 79.6 Å². The molecule has 0 aromatic heterocycles. The molecule has 2 heteroatoms. The van der Waals surface area contributed by atoms with E-state index in [2.05, 4.69) is 28.7 Å². The SMILES string of the molecule is O[C@H]1CCc2cc(I)ccc21. The van der Waals surface area contributed by atoms with Crippen LogP contribution < -0.4 is 0 Å². The van der Waals surface area contributed by atoms with Crippen molar-refractivity contribution < 1.29 is 5.11 Å². The van der Waals surface area contributed by atoms with Crippen LogP contribution in [0.25, 0.3) is 0 Å². The summed E-state index contributed by atoms with van der Waals surface area (Å²) in [4.78, 5) is 0. The van der Waals surface area contributed by atoms with E-state index in [1.54, 1.807) is 0 Å². The van der Waals surface area contributed by atoms with Gasteiger partial charge in [0.15, 0.2) is 0 Å². The number of hydrogen-bond acceptors (Lipinski definition) is 1. The van der Waals surface area contributed by atoms with Crippen molar-refractivity contribution in [2.45, 2.75) is 18.9 Å². The average Bonchev–Trinajstić information content (AvgIpc) is 2.32. The molecule has 0 aliphatic heterocycles. The molecule has 58 valence electrons. The number of rotatable bonds is 0. The molecule has 0 fully saturated rings. The van der Waals surface area contributed by atoms with Crippen molar-refractivity contribution in [3.63, 3.8) is 0 Å². The fraction of sp³-hybridized carbons (Fsp3) is 0.333. The Morgan fingerprint density at radius 2 is 2.27 bits per heavy atom. The summed E-state index contributed by atoms with van der Waals surface area (Å²) in [6.07, 6.45) is 1.73. The van der Waals surface area contributed by atoms with Crippen molar-refractivity contribution >= 4 is 22.6 Å². The molecule has 1 atom stereocenters. The molecule has 1 aromatic rings. The Bertz CT molecular complexity index is 283. The molecule has 0 spiro atoms. The molecule has 0 heterocycles. The van der Waals surface area contributed by atoms with Gasteiger partial charge in [0.2, 0.25) is 0 Å². The number of benzene rings is 1. The van der Waals surface area contributed by atoms with Gasteiger partial charge < -0.3 is 5.11 Å². The molecule has 1 aliphatic rings. The van der Waals surface area contributed by atoms with Crippen LogP contribution in [0.5, 0.6) is 0 Å². The van der Waals surface area contributed by atoms with E-state index in [9.17, 15) is 5.11 Å². The van der Waals surface area contributed by atoms with Crippen molar-refractivity contribution in [1.29, 1.82) is 0 Å². The Morgan fingerprint density at radius 3 is 3.09 bits per heavy atom. The fourth-order valence-corrected chi connectivity index (χ4v) is 2.12. The fourth-order valence-electron chi connectivity index (χ4n) is 1.56. The molecule has 1 nitrogen and oxygen atoms in total. The number of fused-ring (bicyclic) bond motifs is 1. The number of halogens is 1. The zero-order chi connectivity index (χ0) is 7.84. The minimum atomic E-state index is -0.206. The van der Waals surface area contributed by atoms with Crippen molar-refractivity contribution in [3.8, 4) is 0 Å². The van der Waals surface area contributed by atoms with Gasteiger partial charge in [-0.1, -0.05) is 6.07 Å². The summed E-state index contributed by atoms with van der Waals surface area (Å²) in [6.45, 7) is 0. The Balaban J connectivity index is 2.50. The van der Waals surface area contributed by atoms with Crippen LogP contribution in [0.2, 0.25) is 0 Å². The second kappa shape index (κ2) is 2.75. The molecule has 0 saturated carbocycles. The zero-order valence-corrected chi connectivity index (χ0v) is 8.21. The smallest absolute Gasteiger partial charge is 0.0795 e. The highest BCUT2D eigenvalue weighted by molar-refractivity contribution is 14.1. The standard InChI is InChI=1S/C9H9IO/c10-7-2-3-8-6(5-7)1-4-9(8)11/h2-3,5,9,11H,1,4H2/t9-/m0/s1. The molecule has 11 heavy (non-hydrogen) atoms. The predicted octanol–water partition coefficient (Wildman–Crippen LogP) is 2.27. The molecule has 2 rings (SSSR count). The quantitative estimate of drug-likeness (QED) is 0.709. The third kappa shape index (κ3) is 1.29. The first-order valence-corrected chi connectivity index (χ1v) is 4.81. The highest BCUT2D eigenvalue weighted by atomic mass is 127. The lowest BCUT2D eigenvalue weighted by Gasteiger charge is -2.02. The topological polar surface area (TPSA) is 20.2 Å². The monoisotopic (exact) mass is 260 g/mol. The summed E-state index contributed by atoms with van der Waals surface area (Å²) in [5.74, 6) is 0. The van der Waals surface area contributed by atoms with E-state index in [-0.39, 0.29) is 6.10 Å². The van der Waals surface area contributed by atoms with E-state index in [0.717, 1.165) is 18.4 Å². The highest BCUT2D eigenvalue weighted by Crippen LogP contribution is 2.31. The van der Waals surface area contributed by atoms with Crippen LogP contribution in [0, 0.1) is 3.57 Å². The Kier molecular flexibility index (Phi) is 1.89. The normalized spacial score (nSPS) is 21.8. The second-order valence-electron chi connectivity index (χ2n) is 2.90. The zero-order valence-electron chi connectivity index (χ0n) is 6.05. The largest absolute Gasteiger partial charge is 0.388 e. The summed E-state index contributed by atoms with van der Waals surface area (Å²) >= 11 is 2.30. The predicted molar refractivity (Wildman–Crippen MR) is 52.4 cm³/mol. The maximum absolute atomic E-state index is 9.47. The molecule has 0 unspecified atom stereocenters. The van der Waals surface area contributed by atoms with Crippen molar-refractivity contribution in [3.05, 3.63) is 32.9 Å². The lowest BCUT2D eigenvalue weighted by Crippen LogP contribution is -1.89. The molecule has 0 radical (unpaired) electrons. The van der Waals surface area contributed by atoms with Crippen LogP contribution in [0.15, 0.2) is 18.2 Å². The van der Waals surface area contributed by atoms with Gasteiger partial charge in [-0.15, -0.1) is 0 Å². The van der Waals surface area contributed by atoms with Crippen molar-refractivity contribution in [2.75, 3.05) is 0 Å². The van der Waals surface area contributed by atoms with Crippen LogP contribution in [0.4, 0.5) is 0 Å². The summed E-state index contributed by atoms with van der Waals surface area (Å²) in [7, 11) is 0. The van der Waals surface area contributed by atoms with Gasteiger partial charge in [-0.05, 0) is 58.7 Å². The van der Waals surface area contributed by atoms with Crippen LogP contribution in [0.3, 0.4) is 0 Å². The van der Waals surface area contributed by atoms with Gasteiger partial charge in [-0.3, -0.25) is 0 Å². The Hall–Kier alpha value is -0.0900. The van der Waals surface area contributed by atoms with Crippen LogP contribution in [0.1, 0.15) is 23.7 Å². The highest BCUT2D eigenvalue weighted by Gasteiger charge is 2.19. The molecule has 0 saturated heterocycles. The van der Waals surface area contributed by atoms with Crippen molar-refractivity contribution in [1.82, 2.24) is 0 Å². The van der Waals surface area contributed by atoms with Gasteiger partial charge in [0.1, 0.15) is 0 Å². The van der Waals surface area contributed by atoms with Crippen LogP contribution in [-0.2, 0) is 6.42 Å². The third-order valence-corrected chi connectivity index (χ3v) is 2.82. The van der Waals surface area contributed by atoms with E-state index in [1.807, 2.05) is 12.1 Å². The first kappa shape index (κ1) is 7.55. The molecule has 1 aliphatic carbocycles. The molecule has 0 bridgehead atoms. The first-order valence-electron chi connectivity index (χ1n) is 3.74. The lowest BCUT2D eigenvalue weighted by molar-refractivity contribution is 0.180. The third-order valence-electron chi connectivity index (χ3n) is 2.15. The van der Waals surface area contributed by atoms with E-state index < -0.39 is 0 Å². The van der Waals surface area contributed by atoms with E-state index >= 15 is 0 Å². The second-order valence-corrected chi connectivity index (χ2v) is 4.14. The summed E-state index contributed by atoms with van der Waals surface area (Å²) in [6, 6.07) is 6.24. The molecule has 0 amide bonds. The Morgan fingerprint density at radius 1 is 1.45 bits per heavy atom. The van der Waals surface area contributed by atoms with E-state index in [4.69, 9.17) is 0 Å². The number of aryl methyl sites for hydroxylation is 1. The number of aliphatic hydroxyl groups is 1. The minimum absolute atomic E-state index is 0.206. The van der Waals surface area contributed by atoms with Crippen molar-refractivity contribution in [2.24, 2.45) is 0 Å². The molecule has 1 aromatic carbocycles. The molecule has 1 N–H and O–H groups in total. The lowest BCUT2D eigenvalue weighted by atomic mass is 10.1. The maximum atomic E-state index is 9.47. The minimum Gasteiger partial charge on any atom is -0.388 e. The summed E-state index contributed by atoms with van der Waals surface area (Å²) < 4.78 is 1.26. The number of hydrogen-bond donors (Lipinski definition) is 1. The first-order chi connectivity index (χ1) is 5.27. The van der Waals surface area contributed by atoms with Gasteiger partial charge in [0.05, 0.1) is 6.10 Å².